The molecule has 5 rings (SSSR count). The summed E-state index contributed by atoms with van der Waals surface area (Å²) in [6, 6.07) is 2.27. The van der Waals surface area contributed by atoms with Gasteiger partial charge in [0.1, 0.15) is 0 Å². The number of aryl methyl sites for hydroxylation is 2. The molecular formula is C20H22N6O3S. The molecule has 156 valence electrons. The second-order valence-corrected chi connectivity index (χ2v) is 10.1. The molecule has 1 aromatic heterocycles. The lowest BCUT2D eigenvalue weighted by molar-refractivity contribution is -0.131. The van der Waals surface area contributed by atoms with Crippen molar-refractivity contribution < 1.29 is 13.7 Å². The number of rotatable bonds is 4. The van der Waals surface area contributed by atoms with Gasteiger partial charge in [-0.05, 0) is 67.7 Å². The van der Waals surface area contributed by atoms with Crippen LogP contribution >= 0.6 is 0 Å². The predicted octanol–water partition coefficient (Wildman–Crippen LogP) is 1.64. The standard InChI is InChI=1S/C20H22N6O3S/c1-20(19(22)27)10-26-18(29-20)16(9-23-26)30(28,24-11-21)25-17-14-6-2-4-12(14)8-13-5-3-7-15(13)17/h8-9H,2-7,10H2,1H3,(H2,22,27)(H,24,25,28)/t20-,30?/m0/s1. The van der Waals surface area contributed by atoms with Crippen molar-refractivity contribution in [2.75, 3.05) is 0 Å². The number of nitriles is 1. The Morgan fingerprint density at radius 1 is 1.33 bits per heavy atom. The molecule has 1 aromatic carbocycles. The number of benzene rings is 1. The van der Waals surface area contributed by atoms with Crippen molar-refractivity contribution in [1.82, 2.24) is 14.5 Å². The van der Waals surface area contributed by atoms with Crippen LogP contribution in [0.4, 0.5) is 5.69 Å². The number of aromatic nitrogens is 2. The molecular weight excluding hydrogens is 404 g/mol. The molecule has 0 radical (unpaired) electrons. The largest absolute Gasteiger partial charge is 0.458 e. The number of hydrogen-bond donors (Lipinski definition) is 2. The van der Waals surface area contributed by atoms with Crippen molar-refractivity contribution in [2.24, 2.45) is 10.1 Å². The Morgan fingerprint density at radius 2 is 2.00 bits per heavy atom. The summed E-state index contributed by atoms with van der Waals surface area (Å²) < 4.78 is 28.3. The minimum absolute atomic E-state index is 0.107. The van der Waals surface area contributed by atoms with Gasteiger partial charge in [0.2, 0.25) is 11.5 Å². The fraction of sp³-hybridized carbons (Fsp3) is 0.450. The molecule has 2 aromatic rings. The number of ether oxygens (including phenoxy) is 1. The first-order chi connectivity index (χ1) is 14.3. The Labute approximate surface area is 174 Å². The van der Waals surface area contributed by atoms with Crippen molar-refractivity contribution in [2.45, 2.75) is 62.5 Å². The Morgan fingerprint density at radius 3 is 2.60 bits per heavy atom. The molecule has 3 aliphatic rings. The van der Waals surface area contributed by atoms with E-state index in [1.165, 1.54) is 22.0 Å². The van der Waals surface area contributed by atoms with E-state index in [-0.39, 0.29) is 17.3 Å². The first kappa shape index (κ1) is 18.9. The first-order valence-electron chi connectivity index (χ1n) is 9.99. The van der Waals surface area contributed by atoms with Crippen LogP contribution in [0.15, 0.2) is 21.5 Å². The van der Waals surface area contributed by atoms with E-state index in [2.05, 4.69) is 20.2 Å². The maximum atomic E-state index is 14.0. The lowest BCUT2D eigenvalue weighted by atomic mass is 9.99. The van der Waals surface area contributed by atoms with Gasteiger partial charge in [-0.2, -0.15) is 14.7 Å². The maximum absolute atomic E-state index is 14.0. The van der Waals surface area contributed by atoms with E-state index in [0.717, 1.165) is 55.3 Å². The Kier molecular flexibility index (Phi) is 4.08. The number of primary amides is 1. The van der Waals surface area contributed by atoms with Crippen molar-refractivity contribution in [3.63, 3.8) is 0 Å². The van der Waals surface area contributed by atoms with Gasteiger partial charge in [-0.25, -0.2) is 13.6 Å². The van der Waals surface area contributed by atoms with Crippen LogP contribution in [0.2, 0.25) is 0 Å². The van der Waals surface area contributed by atoms with Gasteiger partial charge >= 0.3 is 0 Å². The van der Waals surface area contributed by atoms with Gasteiger partial charge < -0.3 is 10.5 Å². The third kappa shape index (κ3) is 2.69. The van der Waals surface area contributed by atoms with Crippen LogP contribution in [-0.4, -0.2) is 25.5 Å². The van der Waals surface area contributed by atoms with E-state index in [0.29, 0.717) is 0 Å². The molecule has 1 amide bonds. The van der Waals surface area contributed by atoms with Gasteiger partial charge in [-0.1, -0.05) is 6.07 Å². The lowest BCUT2D eigenvalue weighted by Crippen LogP contribution is -2.45. The molecule has 0 saturated heterocycles. The fourth-order valence-electron chi connectivity index (χ4n) is 4.64. The number of carbonyl (C=O) groups is 1. The molecule has 1 aliphatic heterocycles. The van der Waals surface area contributed by atoms with E-state index in [1.54, 1.807) is 13.1 Å². The number of hydrogen-bond acceptors (Lipinski definition) is 6. The quantitative estimate of drug-likeness (QED) is 0.566. The third-order valence-corrected chi connectivity index (χ3v) is 7.88. The number of amides is 1. The highest BCUT2D eigenvalue weighted by molar-refractivity contribution is 7.92. The molecule has 1 unspecified atom stereocenters. The monoisotopic (exact) mass is 426 g/mol. The van der Waals surface area contributed by atoms with E-state index in [9.17, 15) is 14.3 Å². The van der Waals surface area contributed by atoms with Gasteiger partial charge in [0.05, 0.1) is 18.4 Å². The number of carbonyl (C=O) groups excluding carboxylic acids is 1. The molecule has 2 heterocycles. The molecule has 3 N–H and O–H groups in total. The molecule has 10 heteroatoms. The van der Waals surface area contributed by atoms with Crippen molar-refractivity contribution in [3.8, 4) is 12.1 Å². The minimum atomic E-state index is -3.42. The third-order valence-electron chi connectivity index (χ3n) is 6.20. The van der Waals surface area contributed by atoms with Crippen molar-refractivity contribution >= 4 is 21.5 Å². The summed E-state index contributed by atoms with van der Waals surface area (Å²) in [5.74, 6) is -0.494. The Balaban J connectivity index is 1.70. The molecule has 0 saturated carbocycles. The number of nitrogens with zero attached hydrogens (tertiary/aromatic N) is 4. The summed E-state index contributed by atoms with van der Waals surface area (Å²) in [4.78, 5) is 12.0. The summed E-state index contributed by atoms with van der Waals surface area (Å²) in [5.41, 5.74) is 9.66. The minimum Gasteiger partial charge on any atom is -0.458 e. The predicted molar refractivity (Wildman–Crippen MR) is 108 cm³/mol. The molecule has 2 aliphatic carbocycles. The number of nitrogens with one attached hydrogen (secondary N) is 1. The Hall–Kier alpha value is -3.06. The van der Waals surface area contributed by atoms with Gasteiger partial charge in [-0.3, -0.25) is 4.79 Å². The molecule has 2 atom stereocenters. The van der Waals surface area contributed by atoms with E-state index >= 15 is 0 Å². The van der Waals surface area contributed by atoms with Crippen LogP contribution < -0.4 is 15.2 Å². The number of nitrogens with two attached hydrogens (primary N) is 1. The smallest absolute Gasteiger partial charge is 0.263 e. The van der Waals surface area contributed by atoms with Crippen LogP contribution in [0.25, 0.3) is 0 Å². The van der Waals surface area contributed by atoms with Gasteiger partial charge in [0.25, 0.3) is 5.91 Å². The number of fused-ring (bicyclic) bond motifs is 3. The van der Waals surface area contributed by atoms with Crippen molar-refractivity contribution in [1.29, 1.82) is 5.26 Å². The fourth-order valence-corrected chi connectivity index (χ4v) is 6.06. The highest BCUT2D eigenvalue weighted by Gasteiger charge is 2.44. The van der Waals surface area contributed by atoms with Gasteiger partial charge in [0, 0.05) is 0 Å². The van der Waals surface area contributed by atoms with Crippen LogP contribution in [0.1, 0.15) is 42.0 Å². The summed E-state index contributed by atoms with van der Waals surface area (Å²) in [6.07, 6.45) is 8.98. The molecule has 9 nitrogen and oxygen atoms in total. The molecule has 0 bridgehead atoms. The van der Waals surface area contributed by atoms with Gasteiger partial charge in [0.15, 0.2) is 21.0 Å². The molecule has 30 heavy (non-hydrogen) atoms. The molecule has 0 fully saturated rings. The second-order valence-electron chi connectivity index (χ2n) is 8.21. The highest BCUT2D eigenvalue weighted by Crippen LogP contribution is 2.42. The average molecular weight is 427 g/mol. The first-order valence-corrected chi connectivity index (χ1v) is 11.5. The normalized spacial score (nSPS) is 22.9. The van der Waals surface area contributed by atoms with Crippen LogP contribution in [0.5, 0.6) is 5.88 Å². The highest BCUT2D eigenvalue weighted by atomic mass is 32.2. The lowest BCUT2D eigenvalue weighted by Gasteiger charge is -2.19. The summed E-state index contributed by atoms with van der Waals surface area (Å²) >= 11 is 0. The van der Waals surface area contributed by atoms with E-state index in [4.69, 9.17) is 10.5 Å². The van der Waals surface area contributed by atoms with E-state index in [1.807, 2.05) is 0 Å². The summed E-state index contributed by atoms with van der Waals surface area (Å²) in [6.45, 7) is 1.66. The van der Waals surface area contributed by atoms with Crippen LogP contribution in [-0.2, 0) is 46.9 Å². The van der Waals surface area contributed by atoms with Crippen LogP contribution in [0, 0.1) is 11.5 Å². The zero-order valence-corrected chi connectivity index (χ0v) is 17.4. The topological polar surface area (TPSA) is 135 Å². The molecule has 0 spiro atoms. The van der Waals surface area contributed by atoms with E-state index < -0.39 is 21.4 Å². The van der Waals surface area contributed by atoms with Crippen LogP contribution in [0.3, 0.4) is 0 Å². The average Bonchev–Trinajstić information content (AvgIpc) is 3.44. The maximum Gasteiger partial charge on any atom is 0.263 e. The van der Waals surface area contributed by atoms with Crippen molar-refractivity contribution in [3.05, 3.63) is 34.5 Å². The second kappa shape index (κ2) is 6.47. The zero-order chi connectivity index (χ0) is 21.1. The van der Waals surface area contributed by atoms with Gasteiger partial charge in [-0.15, -0.1) is 0 Å². The summed E-state index contributed by atoms with van der Waals surface area (Å²) in [7, 11) is -3.42. The SMILES string of the molecule is C[C@@]1(C(N)=O)Cn2ncc(S(=O)(=Nc3c4c(cc5c3CCC5)CCC4)NC#N)c2O1. The zero-order valence-electron chi connectivity index (χ0n) is 16.6. The summed E-state index contributed by atoms with van der Waals surface area (Å²) in [5, 5.41) is 13.6. The Bertz CT molecular complexity index is 1220.